The first-order chi connectivity index (χ1) is 9.44. The first kappa shape index (κ1) is 16.1. The minimum atomic E-state index is -3.32. The van der Waals surface area contributed by atoms with Gasteiger partial charge in [-0.25, -0.2) is 8.78 Å². The lowest BCUT2D eigenvalue weighted by atomic mass is 10.2. The molecule has 0 aliphatic carbocycles. The van der Waals surface area contributed by atoms with Gasteiger partial charge in [0.1, 0.15) is 6.61 Å². The van der Waals surface area contributed by atoms with Gasteiger partial charge in [0.15, 0.2) is 5.76 Å². The molecule has 1 rings (SSSR count). The number of carbonyl (C=O) groups excluding carboxylic acids is 2. The molecular weight excluding hydrogens is 274 g/mol. The third-order valence-corrected chi connectivity index (χ3v) is 2.39. The molecule has 0 bridgehead atoms. The number of furan rings is 1. The van der Waals surface area contributed by atoms with Crippen LogP contribution in [0.15, 0.2) is 22.8 Å². The quantitative estimate of drug-likeness (QED) is 0.609. The summed E-state index contributed by atoms with van der Waals surface area (Å²) in [5.74, 6) is -4.12. The van der Waals surface area contributed by atoms with E-state index in [1.807, 2.05) is 5.32 Å². The van der Waals surface area contributed by atoms with Crippen molar-refractivity contribution in [2.45, 2.75) is 18.8 Å². The molecule has 0 saturated heterocycles. The zero-order valence-electron chi connectivity index (χ0n) is 10.7. The maximum atomic E-state index is 12.6. The van der Waals surface area contributed by atoms with Crippen LogP contribution < -0.4 is 10.6 Å². The van der Waals surface area contributed by atoms with Crippen molar-refractivity contribution in [3.05, 3.63) is 24.2 Å². The summed E-state index contributed by atoms with van der Waals surface area (Å²) in [5.41, 5.74) is 0. The van der Waals surface area contributed by atoms with Crippen molar-refractivity contribution in [3.8, 4) is 0 Å². The summed E-state index contributed by atoms with van der Waals surface area (Å²) in [7, 11) is 0. The van der Waals surface area contributed by atoms with Crippen molar-refractivity contribution in [2.24, 2.45) is 0 Å². The third kappa shape index (κ3) is 5.79. The van der Waals surface area contributed by atoms with Crippen molar-refractivity contribution in [1.29, 1.82) is 0 Å². The minimum Gasteiger partial charge on any atom is -0.459 e. The van der Waals surface area contributed by atoms with E-state index < -0.39 is 30.9 Å². The van der Waals surface area contributed by atoms with E-state index in [1.54, 1.807) is 6.07 Å². The molecule has 1 heterocycles. The van der Waals surface area contributed by atoms with Gasteiger partial charge >= 0.3 is 0 Å². The summed E-state index contributed by atoms with van der Waals surface area (Å²) in [6.45, 7) is -1.99. The summed E-state index contributed by atoms with van der Waals surface area (Å²) in [6.07, 6.45) is 1.67. The molecule has 0 aromatic carbocycles. The smallest absolute Gasteiger partial charge is 0.287 e. The predicted octanol–water partition coefficient (Wildman–Crippen LogP) is 0.533. The van der Waals surface area contributed by atoms with Crippen LogP contribution in [0.4, 0.5) is 8.78 Å². The molecular formula is C12H16F2N2O4. The molecule has 3 N–H and O–H groups in total. The number of nitrogens with one attached hydrogen (secondary N) is 2. The van der Waals surface area contributed by atoms with Crippen molar-refractivity contribution in [3.63, 3.8) is 0 Å². The highest BCUT2D eigenvalue weighted by Gasteiger charge is 2.27. The number of rotatable bonds is 8. The van der Waals surface area contributed by atoms with E-state index in [1.165, 1.54) is 12.3 Å². The average Bonchev–Trinajstić information content (AvgIpc) is 2.95. The number of aliphatic hydroxyl groups is 1. The molecule has 2 amide bonds. The van der Waals surface area contributed by atoms with Gasteiger partial charge in [0.05, 0.1) is 12.8 Å². The standard InChI is InChI=1S/C12H16F2N2O4/c13-12(14,8-17)7-16-10(18)4-1-5-15-11(19)9-3-2-6-20-9/h2-3,6,17H,1,4-5,7-8H2,(H,15,19)(H,16,18). The van der Waals surface area contributed by atoms with E-state index >= 15 is 0 Å². The second-order valence-electron chi connectivity index (χ2n) is 4.13. The van der Waals surface area contributed by atoms with Gasteiger partial charge in [-0.1, -0.05) is 0 Å². The topological polar surface area (TPSA) is 91.6 Å². The van der Waals surface area contributed by atoms with E-state index in [-0.39, 0.29) is 18.7 Å². The molecule has 0 aliphatic rings. The van der Waals surface area contributed by atoms with Crippen LogP contribution in [0.2, 0.25) is 0 Å². The molecule has 0 spiro atoms. The van der Waals surface area contributed by atoms with Crippen molar-refractivity contribution >= 4 is 11.8 Å². The highest BCUT2D eigenvalue weighted by Crippen LogP contribution is 2.09. The normalized spacial score (nSPS) is 11.2. The van der Waals surface area contributed by atoms with Crippen LogP contribution >= 0.6 is 0 Å². The molecule has 0 aliphatic heterocycles. The van der Waals surface area contributed by atoms with Gasteiger partial charge in [-0.05, 0) is 18.6 Å². The number of hydrogen-bond donors (Lipinski definition) is 3. The Balaban J connectivity index is 2.12. The first-order valence-electron chi connectivity index (χ1n) is 6.02. The Labute approximate surface area is 114 Å². The van der Waals surface area contributed by atoms with E-state index in [0.717, 1.165) is 0 Å². The van der Waals surface area contributed by atoms with Crippen LogP contribution in [0.25, 0.3) is 0 Å². The van der Waals surface area contributed by atoms with E-state index in [2.05, 4.69) is 5.32 Å². The predicted molar refractivity (Wildman–Crippen MR) is 65.3 cm³/mol. The van der Waals surface area contributed by atoms with Crippen LogP contribution in [-0.2, 0) is 4.79 Å². The second-order valence-corrected chi connectivity index (χ2v) is 4.13. The molecule has 0 fully saturated rings. The maximum absolute atomic E-state index is 12.6. The summed E-state index contributed by atoms with van der Waals surface area (Å²) < 4.78 is 30.1. The van der Waals surface area contributed by atoms with Crippen LogP contribution in [-0.4, -0.2) is 42.5 Å². The van der Waals surface area contributed by atoms with Crippen molar-refractivity contribution < 1.29 is 27.9 Å². The largest absolute Gasteiger partial charge is 0.459 e. The van der Waals surface area contributed by atoms with Crippen molar-refractivity contribution in [2.75, 3.05) is 19.7 Å². The number of alkyl halides is 2. The molecule has 20 heavy (non-hydrogen) atoms. The van der Waals surface area contributed by atoms with Crippen LogP contribution in [0.1, 0.15) is 23.4 Å². The number of halogens is 2. The minimum absolute atomic E-state index is 0.0000562. The van der Waals surface area contributed by atoms with Crippen LogP contribution in [0.5, 0.6) is 0 Å². The molecule has 1 aromatic heterocycles. The SMILES string of the molecule is O=C(CCCNC(=O)c1ccco1)NCC(F)(F)CO. The van der Waals surface area contributed by atoms with Gasteiger partial charge in [-0.15, -0.1) is 0 Å². The molecule has 6 nitrogen and oxygen atoms in total. The fourth-order valence-corrected chi connectivity index (χ4v) is 1.32. The molecule has 0 radical (unpaired) electrons. The molecule has 8 heteroatoms. The Morgan fingerprint density at radius 2 is 2.10 bits per heavy atom. The van der Waals surface area contributed by atoms with Gasteiger partial charge in [-0.3, -0.25) is 9.59 Å². The fraction of sp³-hybridized carbons (Fsp3) is 0.500. The van der Waals surface area contributed by atoms with Gasteiger partial charge in [0, 0.05) is 13.0 Å². The molecule has 0 unspecified atom stereocenters. The number of amides is 2. The Morgan fingerprint density at radius 3 is 2.70 bits per heavy atom. The number of aliphatic hydroxyl groups excluding tert-OH is 1. The lowest BCUT2D eigenvalue weighted by molar-refractivity contribution is -0.124. The summed E-state index contributed by atoms with van der Waals surface area (Å²) in [4.78, 5) is 22.6. The monoisotopic (exact) mass is 290 g/mol. The van der Waals surface area contributed by atoms with Gasteiger partial charge in [0.2, 0.25) is 5.91 Å². The van der Waals surface area contributed by atoms with E-state index in [0.29, 0.717) is 6.42 Å². The van der Waals surface area contributed by atoms with E-state index in [9.17, 15) is 18.4 Å². The Bertz CT molecular complexity index is 435. The van der Waals surface area contributed by atoms with Gasteiger partial charge < -0.3 is 20.2 Å². The molecule has 1 aromatic rings. The van der Waals surface area contributed by atoms with Gasteiger partial charge in [0.25, 0.3) is 11.8 Å². The zero-order chi connectivity index (χ0) is 15.0. The Hall–Kier alpha value is -1.96. The third-order valence-electron chi connectivity index (χ3n) is 2.39. The lowest BCUT2D eigenvalue weighted by Crippen LogP contribution is -2.39. The second kappa shape index (κ2) is 7.59. The van der Waals surface area contributed by atoms with Gasteiger partial charge in [-0.2, -0.15) is 0 Å². The molecule has 112 valence electrons. The average molecular weight is 290 g/mol. The Morgan fingerprint density at radius 1 is 1.35 bits per heavy atom. The highest BCUT2D eigenvalue weighted by molar-refractivity contribution is 5.91. The highest BCUT2D eigenvalue weighted by atomic mass is 19.3. The Kier molecular flexibility index (Phi) is 6.10. The number of carbonyl (C=O) groups is 2. The summed E-state index contributed by atoms with van der Waals surface area (Å²) in [5, 5.41) is 12.8. The summed E-state index contributed by atoms with van der Waals surface area (Å²) in [6, 6.07) is 3.07. The lowest BCUT2D eigenvalue weighted by Gasteiger charge is -2.13. The van der Waals surface area contributed by atoms with E-state index in [4.69, 9.17) is 9.52 Å². The fourth-order valence-electron chi connectivity index (χ4n) is 1.32. The molecule has 0 atom stereocenters. The zero-order valence-corrected chi connectivity index (χ0v) is 10.7. The number of hydrogen-bond acceptors (Lipinski definition) is 4. The first-order valence-corrected chi connectivity index (χ1v) is 6.02. The van der Waals surface area contributed by atoms with Crippen LogP contribution in [0.3, 0.4) is 0 Å². The maximum Gasteiger partial charge on any atom is 0.287 e. The molecule has 0 saturated carbocycles. The van der Waals surface area contributed by atoms with Crippen LogP contribution in [0, 0.1) is 0 Å². The van der Waals surface area contributed by atoms with Crippen molar-refractivity contribution in [1.82, 2.24) is 10.6 Å². The summed E-state index contributed by atoms with van der Waals surface area (Å²) >= 11 is 0.